The zero-order chi connectivity index (χ0) is 15.4. The Kier molecular flexibility index (Phi) is 3.99. The number of fused-ring (bicyclic) bond motifs is 1. The minimum Gasteiger partial charge on any atom is -0.408 e. The second-order valence-corrected chi connectivity index (χ2v) is 4.79. The number of carbonyl (C=O) groups excluding carboxylic acids is 1. The Morgan fingerprint density at radius 1 is 1.32 bits per heavy atom. The molecule has 8 heteroatoms. The van der Waals surface area contributed by atoms with Crippen LogP contribution >= 0.6 is 0 Å². The van der Waals surface area contributed by atoms with Gasteiger partial charge < -0.3 is 9.73 Å². The van der Waals surface area contributed by atoms with Crippen LogP contribution in [0.2, 0.25) is 0 Å². The molecule has 1 amide bonds. The molecule has 0 unspecified atom stereocenters. The molecule has 0 aliphatic rings. The highest BCUT2D eigenvalue weighted by Gasteiger charge is 2.11. The minimum atomic E-state index is -0.529. The third-order valence-corrected chi connectivity index (χ3v) is 3.23. The minimum absolute atomic E-state index is 0.0564. The van der Waals surface area contributed by atoms with Crippen molar-refractivity contribution in [2.24, 2.45) is 0 Å². The molecular formula is C14H15N5O3. The number of amides is 1. The van der Waals surface area contributed by atoms with E-state index in [2.05, 4.69) is 15.6 Å². The highest BCUT2D eigenvalue weighted by atomic mass is 16.4. The summed E-state index contributed by atoms with van der Waals surface area (Å²) in [5.74, 6) is -0.758. The second-order valence-electron chi connectivity index (χ2n) is 4.79. The molecule has 0 saturated carbocycles. The number of para-hydroxylation sites is 2. The summed E-state index contributed by atoms with van der Waals surface area (Å²) >= 11 is 0. The maximum atomic E-state index is 11.9. The van der Waals surface area contributed by atoms with Crippen molar-refractivity contribution in [3.63, 3.8) is 0 Å². The van der Waals surface area contributed by atoms with E-state index < -0.39 is 5.76 Å². The van der Waals surface area contributed by atoms with Crippen molar-refractivity contribution in [3.8, 4) is 0 Å². The van der Waals surface area contributed by atoms with E-state index in [9.17, 15) is 9.59 Å². The SMILES string of the molecule is O=C(Cn1c(=O)oc2ccccc21)NCCCn1ccnn1. The number of carbonyl (C=O) groups is 1. The standard InChI is InChI=1S/C14H15N5O3/c20-13(15-6-3-8-18-9-7-16-17-18)10-19-11-4-1-2-5-12(11)22-14(19)21/h1-2,4-5,7,9H,3,6,8,10H2,(H,15,20). The van der Waals surface area contributed by atoms with Crippen molar-refractivity contribution in [3.05, 3.63) is 47.2 Å². The summed E-state index contributed by atoms with van der Waals surface area (Å²) in [7, 11) is 0. The van der Waals surface area contributed by atoms with Crippen molar-refractivity contribution >= 4 is 17.0 Å². The third-order valence-electron chi connectivity index (χ3n) is 3.23. The zero-order valence-electron chi connectivity index (χ0n) is 11.8. The molecule has 2 aromatic heterocycles. The summed E-state index contributed by atoms with van der Waals surface area (Å²) in [5, 5.41) is 10.3. The van der Waals surface area contributed by atoms with Crippen LogP contribution in [0.1, 0.15) is 6.42 Å². The van der Waals surface area contributed by atoms with Crippen LogP contribution in [0.5, 0.6) is 0 Å². The molecule has 0 saturated heterocycles. The van der Waals surface area contributed by atoms with Gasteiger partial charge in [-0.25, -0.2) is 4.79 Å². The lowest BCUT2D eigenvalue weighted by Crippen LogP contribution is -2.31. The molecule has 0 aliphatic carbocycles. The Morgan fingerprint density at radius 3 is 3.00 bits per heavy atom. The van der Waals surface area contributed by atoms with Gasteiger partial charge in [0.15, 0.2) is 5.58 Å². The number of aryl methyl sites for hydroxylation is 1. The van der Waals surface area contributed by atoms with Crippen LogP contribution in [-0.2, 0) is 17.9 Å². The molecule has 0 atom stereocenters. The normalized spacial score (nSPS) is 10.9. The van der Waals surface area contributed by atoms with E-state index >= 15 is 0 Å². The van der Waals surface area contributed by atoms with Gasteiger partial charge in [0.05, 0.1) is 11.7 Å². The van der Waals surface area contributed by atoms with Gasteiger partial charge in [0, 0.05) is 19.3 Å². The van der Waals surface area contributed by atoms with Gasteiger partial charge in [0.2, 0.25) is 5.91 Å². The fourth-order valence-electron chi connectivity index (χ4n) is 2.18. The van der Waals surface area contributed by atoms with E-state index in [1.807, 2.05) is 0 Å². The van der Waals surface area contributed by atoms with Gasteiger partial charge in [-0.3, -0.25) is 14.0 Å². The molecule has 1 aromatic carbocycles. The fourth-order valence-corrected chi connectivity index (χ4v) is 2.18. The number of benzene rings is 1. The lowest BCUT2D eigenvalue weighted by atomic mass is 10.3. The monoisotopic (exact) mass is 301 g/mol. The summed E-state index contributed by atoms with van der Waals surface area (Å²) in [6.45, 7) is 1.12. The summed E-state index contributed by atoms with van der Waals surface area (Å²) in [4.78, 5) is 23.7. The maximum Gasteiger partial charge on any atom is 0.420 e. The van der Waals surface area contributed by atoms with E-state index in [1.54, 1.807) is 41.3 Å². The summed E-state index contributed by atoms with van der Waals surface area (Å²) in [6.07, 6.45) is 4.10. The largest absolute Gasteiger partial charge is 0.420 e. The number of hydrogen-bond acceptors (Lipinski definition) is 5. The molecule has 3 rings (SSSR count). The Bertz CT molecular complexity index is 818. The average Bonchev–Trinajstić information content (AvgIpc) is 3.13. The topological polar surface area (TPSA) is 94.9 Å². The van der Waals surface area contributed by atoms with Gasteiger partial charge in [0.1, 0.15) is 6.54 Å². The Morgan fingerprint density at radius 2 is 2.18 bits per heavy atom. The number of hydrogen-bond donors (Lipinski definition) is 1. The lowest BCUT2D eigenvalue weighted by Gasteiger charge is -2.05. The van der Waals surface area contributed by atoms with Gasteiger partial charge >= 0.3 is 5.76 Å². The second kappa shape index (κ2) is 6.25. The van der Waals surface area contributed by atoms with Crippen molar-refractivity contribution in [1.29, 1.82) is 0 Å². The molecule has 1 N–H and O–H groups in total. The predicted molar refractivity (Wildman–Crippen MR) is 78.1 cm³/mol. The van der Waals surface area contributed by atoms with Gasteiger partial charge in [-0.15, -0.1) is 5.10 Å². The zero-order valence-corrected chi connectivity index (χ0v) is 11.8. The van der Waals surface area contributed by atoms with Crippen molar-refractivity contribution < 1.29 is 9.21 Å². The molecule has 3 aromatic rings. The predicted octanol–water partition coefficient (Wildman–Crippen LogP) is 0.392. The number of rotatable bonds is 6. The van der Waals surface area contributed by atoms with Crippen molar-refractivity contribution in [2.45, 2.75) is 19.5 Å². The summed E-state index contributed by atoms with van der Waals surface area (Å²) in [5.41, 5.74) is 1.09. The molecule has 0 aliphatic heterocycles. The highest BCUT2D eigenvalue weighted by Crippen LogP contribution is 2.11. The van der Waals surface area contributed by atoms with Gasteiger partial charge in [-0.1, -0.05) is 17.3 Å². The molecule has 0 fully saturated rings. The van der Waals surface area contributed by atoms with Gasteiger partial charge in [-0.2, -0.15) is 0 Å². The summed E-state index contributed by atoms with van der Waals surface area (Å²) in [6, 6.07) is 7.02. The fraction of sp³-hybridized carbons (Fsp3) is 0.286. The number of aromatic nitrogens is 4. The van der Waals surface area contributed by atoms with E-state index in [-0.39, 0.29) is 12.5 Å². The van der Waals surface area contributed by atoms with Crippen molar-refractivity contribution in [1.82, 2.24) is 24.9 Å². The van der Waals surface area contributed by atoms with Crippen LogP contribution in [0.3, 0.4) is 0 Å². The number of nitrogens with one attached hydrogen (secondary N) is 1. The Labute approximate surface area is 125 Å². The molecule has 0 radical (unpaired) electrons. The van der Waals surface area contributed by atoms with E-state index in [1.165, 1.54) is 4.57 Å². The van der Waals surface area contributed by atoms with Crippen LogP contribution in [0, 0.1) is 0 Å². The first kappa shape index (κ1) is 14.1. The maximum absolute atomic E-state index is 11.9. The third kappa shape index (κ3) is 3.05. The number of oxazole rings is 1. The van der Waals surface area contributed by atoms with Crippen LogP contribution < -0.4 is 11.1 Å². The molecule has 2 heterocycles. The average molecular weight is 301 g/mol. The quantitative estimate of drug-likeness (QED) is 0.665. The first-order valence-corrected chi connectivity index (χ1v) is 6.93. The molecular weight excluding hydrogens is 286 g/mol. The molecule has 0 bridgehead atoms. The smallest absolute Gasteiger partial charge is 0.408 e. The summed E-state index contributed by atoms with van der Waals surface area (Å²) < 4.78 is 8.10. The van der Waals surface area contributed by atoms with Crippen molar-refractivity contribution in [2.75, 3.05) is 6.54 Å². The first-order chi connectivity index (χ1) is 10.7. The first-order valence-electron chi connectivity index (χ1n) is 6.93. The molecule has 114 valence electrons. The van der Waals surface area contributed by atoms with Crippen LogP contribution in [0.25, 0.3) is 11.1 Å². The Balaban J connectivity index is 1.55. The van der Waals surface area contributed by atoms with E-state index in [0.717, 1.165) is 6.42 Å². The van der Waals surface area contributed by atoms with Gasteiger partial charge in [0.25, 0.3) is 0 Å². The van der Waals surface area contributed by atoms with Gasteiger partial charge in [-0.05, 0) is 18.6 Å². The van der Waals surface area contributed by atoms with E-state index in [0.29, 0.717) is 24.2 Å². The van der Waals surface area contributed by atoms with Crippen LogP contribution in [0.4, 0.5) is 0 Å². The lowest BCUT2D eigenvalue weighted by molar-refractivity contribution is -0.121. The number of nitrogens with zero attached hydrogens (tertiary/aromatic N) is 4. The Hall–Kier alpha value is -2.90. The van der Waals surface area contributed by atoms with Crippen LogP contribution in [0.15, 0.2) is 45.9 Å². The molecule has 8 nitrogen and oxygen atoms in total. The molecule has 0 spiro atoms. The molecule has 22 heavy (non-hydrogen) atoms. The highest BCUT2D eigenvalue weighted by molar-refractivity contribution is 5.79. The van der Waals surface area contributed by atoms with Crippen LogP contribution in [-0.4, -0.2) is 32.0 Å². The van der Waals surface area contributed by atoms with E-state index in [4.69, 9.17) is 4.42 Å².